The number of carbonyl (C=O) groups excluding carboxylic acids is 2. The highest BCUT2D eigenvalue weighted by Crippen LogP contribution is 2.42. The quantitative estimate of drug-likeness (QED) is 0.746. The molecular formula is C21H21ClN2O3. The van der Waals surface area contributed by atoms with E-state index >= 15 is 0 Å². The van der Waals surface area contributed by atoms with Crippen LogP contribution in [0.25, 0.3) is 0 Å². The third-order valence-electron chi connectivity index (χ3n) is 5.05. The van der Waals surface area contributed by atoms with Crippen molar-refractivity contribution in [3.63, 3.8) is 0 Å². The molecule has 2 saturated heterocycles. The molecule has 0 aromatic heterocycles. The summed E-state index contributed by atoms with van der Waals surface area (Å²) in [4.78, 5) is 33.5. The van der Waals surface area contributed by atoms with Crippen LogP contribution in [0.4, 0.5) is 11.4 Å². The summed E-state index contributed by atoms with van der Waals surface area (Å²) in [5.41, 5.74) is 1.39. The van der Waals surface area contributed by atoms with Crippen LogP contribution in [0.2, 0.25) is 5.02 Å². The van der Waals surface area contributed by atoms with Crippen LogP contribution in [-0.4, -0.2) is 24.0 Å². The van der Waals surface area contributed by atoms with Gasteiger partial charge in [-0.05, 0) is 48.7 Å². The van der Waals surface area contributed by atoms with E-state index in [0.717, 1.165) is 12.1 Å². The van der Waals surface area contributed by atoms with Gasteiger partial charge in [-0.1, -0.05) is 43.6 Å². The fourth-order valence-corrected chi connectivity index (χ4v) is 4.01. The Balaban J connectivity index is 1.69. The number of imide groups is 1. The number of benzene rings is 2. The molecule has 0 bridgehead atoms. The van der Waals surface area contributed by atoms with Crippen molar-refractivity contribution in [2.45, 2.75) is 32.4 Å². The molecule has 0 aliphatic carbocycles. The number of nitrogens with zero attached hydrogens (tertiary/aromatic N) is 2. The molecule has 4 rings (SSSR count). The van der Waals surface area contributed by atoms with Gasteiger partial charge in [0.25, 0.3) is 5.91 Å². The maximum atomic E-state index is 13.2. The minimum atomic E-state index is -0.794. The van der Waals surface area contributed by atoms with Gasteiger partial charge in [0.05, 0.1) is 23.3 Å². The van der Waals surface area contributed by atoms with Crippen LogP contribution >= 0.6 is 11.6 Å². The van der Waals surface area contributed by atoms with Crippen LogP contribution in [0.3, 0.4) is 0 Å². The van der Waals surface area contributed by atoms with E-state index in [1.54, 1.807) is 29.3 Å². The molecule has 0 unspecified atom stereocenters. The first-order valence-corrected chi connectivity index (χ1v) is 9.49. The maximum Gasteiger partial charge on any atom is 0.266 e. The highest BCUT2D eigenvalue weighted by molar-refractivity contribution is 6.31. The summed E-state index contributed by atoms with van der Waals surface area (Å²) >= 11 is 5.93. The smallest absolute Gasteiger partial charge is 0.266 e. The molecular weight excluding hydrogens is 364 g/mol. The molecule has 2 aromatic carbocycles. The van der Waals surface area contributed by atoms with E-state index in [4.69, 9.17) is 16.4 Å². The van der Waals surface area contributed by atoms with Crippen LogP contribution in [0.5, 0.6) is 0 Å². The predicted molar refractivity (Wildman–Crippen MR) is 104 cm³/mol. The van der Waals surface area contributed by atoms with Gasteiger partial charge in [0, 0.05) is 5.02 Å². The van der Waals surface area contributed by atoms with Crippen molar-refractivity contribution in [2.24, 2.45) is 11.8 Å². The molecule has 6 heteroatoms. The number of carbonyl (C=O) groups is 2. The first-order valence-electron chi connectivity index (χ1n) is 9.12. The molecule has 0 N–H and O–H groups in total. The van der Waals surface area contributed by atoms with Gasteiger partial charge >= 0.3 is 0 Å². The van der Waals surface area contributed by atoms with Crippen molar-refractivity contribution >= 4 is 34.8 Å². The van der Waals surface area contributed by atoms with E-state index in [-0.39, 0.29) is 17.9 Å². The van der Waals surface area contributed by atoms with E-state index in [9.17, 15) is 9.59 Å². The fourth-order valence-electron chi connectivity index (χ4n) is 3.89. The zero-order chi connectivity index (χ0) is 19.1. The summed E-state index contributed by atoms with van der Waals surface area (Å²) in [5.74, 6) is -0.692. The molecule has 5 nitrogen and oxygen atoms in total. The summed E-state index contributed by atoms with van der Waals surface area (Å²) in [7, 11) is 0. The first kappa shape index (κ1) is 18.0. The van der Waals surface area contributed by atoms with Crippen LogP contribution in [0, 0.1) is 11.8 Å². The van der Waals surface area contributed by atoms with Gasteiger partial charge < -0.3 is 0 Å². The zero-order valence-corrected chi connectivity index (χ0v) is 16.0. The Kier molecular flexibility index (Phi) is 4.66. The van der Waals surface area contributed by atoms with E-state index in [2.05, 4.69) is 13.8 Å². The Morgan fingerprint density at radius 3 is 2.26 bits per heavy atom. The number of hydrogen-bond acceptors (Lipinski definition) is 4. The van der Waals surface area contributed by atoms with E-state index < -0.39 is 12.0 Å². The molecule has 140 valence electrons. The maximum absolute atomic E-state index is 13.2. The topological polar surface area (TPSA) is 49.9 Å². The lowest BCUT2D eigenvalue weighted by Gasteiger charge is -2.29. The number of hydroxylamine groups is 1. The van der Waals surface area contributed by atoms with Crippen molar-refractivity contribution < 1.29 is 14.4 Å². The van der Waals surface area contributed by atoms with Crippen LogP contribution in [0.15, 0.2) is 54.6 Å². The number of halogens is 1. The van der Waals surface area contributed by atoms with Gasteiger partial charge in [0.15, 0.2) is 6.10 Å². The average Bonchev–Trinajstić information content (AvgIpc) is 3.13. The van der Waals surface area contributed by atoms with Crippen LogP contribution in [0.1, 0.15) is 20.3 Å². The highest BCUT2D eigenvalue weighted by Gasteiger charge is 2.59. The molecule has 2 amide bonds. The number of rotatable bonds is 4. The number of para-hydroxylation sites is 1. The second-order valence-corrected chi connectivity index (χ2v) is 7.83. The lowest BCUT2D eigenvalue weighted by Crippen LogP contribution is -2.41. The monoisotopic (exact) mass is 384 g/mol. The van der Waals surface area contributed by atoms with E-state index in [1.807, 2.05) is 30.3 Å². The number of anilines is 2. The Morgan fingerprint density at radius 2 is 1.63 bits per heavy atom. The average molecular weight is 385 g/mol. The Bertz CT molecular complexity index is 853. The minimum absolute atomic E-state index is 0.189. The fraction of sp³-hybridized carbons (Fsp3) is 0.333. The van der Waals surface area contributed by atoms with E-state index in [1.165, 1.54) is 4.90 Å². The Labute approximate surface area is 163 Å². The van der Waals surface area contributed by atoms with Crippen LogP contribution < -0.4 is 9.96 Å². The molecule has 2 aliphatic rings. The van der Waals surface area contributed by atoms with Crippen molar-refractivity contribution in [1.29, 1.82) is 0 Å². The number of fused-ring (bicyclic) bond motifs is 1. The lowest BCUT2D eigenvalue weighted by molar-refractivity contribution is -0.126. The van der Waals surface area contributed by atoms with Crippen molar-refractivity contribution in [1.82, 2.24) is 0 Å². The minimum Gasteiger partial charge on any atom is -0.273 e. The highest BCUT2D eigenvalue weighted by atomic mass is 35.5. The zero-order valence-electron chi connectivity index (χ0n) is 15.2. The molecule has 2 heterocycles. The van der Waals surface area contributed by atoms with Crippen LogP contribution in [-0.2, 0) is 14.4 Å². The molecule has 0 radical (unpaired) electrons. The van der Waals surface area contributed by atoms with Crippen molar-refractivity contribution in [3.05, 3.63) is 59.6 Å². The molecule has 0 saturated carbocycles. The summed E-state index contributed by atoms with van der Waals surface area (Å²) in [5, 5.41) is 2.31. The standard InChI is InChI=1S/C21H21ClN2O3/c1-13(2)12-17-18-19(27-24(17)16-6-4-3-5-7-16)21(26)23(20(18)25)15-10-8-14(22)9-11-15/h3-11,13,17-19H,12H2,1-2H3/t17-,18-,19-/m1/s1. The normalized spacial score (nSPS) is 24.8. The van der Waals surface area contributed by atoms with Crippen molar-refractivity contribution in [3.8, 4) is 0 Å². The van der Waals surface area contributed by atoms with Gasteiger partial charge in [-0.3, -0.25) is 14.4 Å². The van der Waals surface area contributed by atoms with Gasteiger partial charge in [-0.15, -0.1) is 0 Å². The second-order valence-electron chi connectivity index (χ2n) is 7.40. The Morgan fingerprint density at radius 1 is 0.963 bits per heavy atom. The van der Waals surface area contributed by atoms with E-state index in [0.29, 0.717) is 16.6 Å². The van der Waals surface area contributed by atoms with Gasteiger partial charge in [0.2, 0.25) is 5.91 Å². The third-order valence-corrected chi connectivity index (χ3v) is 5.30. The number of amides is 2. The lowest BCUT2D eigenvalue weighted by atomic mass is 9.90. The molecule has 0 spiro atoms. The predicted octanol–water partition coefficient (Wildman–Crippen LogP) is 4.06. The molecule has 2 fully saturated rings. The third kappa shape index (κ3) is 3.11. The number of hydrogen-bond donors (Lipinski definition) is 0. The summed E-state index contributed by atoms with van der Waals surface area (Å²) in [6.45, 7) is 4.21. The molecule has 2 aromatic rings. The second kappa shape index (κ2) is 6.98. The van der Waals surface area contributed by atoms with Crippen molar-refractivity contribution in [2.75, 3.05) is 9.96 Å². The molecule has 2 aliphatic heterocycles. The summed E-state index contributed by atoms with van der Waals surface area (Å²) in [6.07, 6.45) is -0.0408. The molecule has 27 heavy (non-hydrogen) atoms. The van der Waals surface area contributed by atoms with Gasteiger partial charge in [-0.2, -0.15) is 0 Å². The summed E-state index contributed by atoms with van der Waals surface area (Å²) < 4.78 is 0. The Hall–Kier alpha value is -2.37. The SMILES string of the molecule is CC(C)C[C@@H]1[C@H]2C(=O)N(c3ccc(Cl)cc3)C(=O)[C@@H]2ON1c1ccccc1. The largest absolute Gasteiger partial charge is 0.273 e. The molecule has 3 atom stereocenters. The first-order chi connectivity index (χ1) is 13.0. The van der Waals surface area contributed by atoms with Gasteiger partial charge in [0.1, 0.15) is 0 Å². The summed E-state index contributed by atoms with van der Waals surface area (Å²) in [6, 6.07) is 16.2. The van der Waals surface area contributed by atoms with Gasteiger partial charge in [-0.25, -0.2) is 9.96 Å².